The minimum atomic E-state index is 0.291. The normalized spacial score (nSPS) is 26.5. The van der Waals surface area contributed by atoms with Gasteiger partial charge in [0.2, 0.25) is 0 Å². The Balaban J connectivity index is 1.29. The molecule has 1 heterocycles. The number of hydrogen-bond acceptors (Lipinski definition) is 3. The van der Waals surface area contributed by atoms with Crippen molar-refractivity contribution >= 4 is 17.2 Å². The summed E-state index contributed by atoms with van der Waals surface area (Å²) in [6, 6.07) is 18.4. The van der Waals surface area contributed by atoms with Crippen molar-refractivity contribution in [1.29, 1.82) is 0 Å². The van der Waals surface area contributed by atoms with Crippen molar-refractivity contribution in [2.45, 2.75) is 97.3 Å². The van der Waals surface area contributed by atoms with Gasteiger partial charge in [0.05, 0.1) is 6.54 Å². The van der Waals surface area contributed by atoms with Crippen molar-refractivity contribution in [3.8, 4) is 11.1 Å². The third-order valence-corrected chi connectivity index (χ3v) is 10.5. The van der Waals surface area contributed by atoms with Gasteiger partial charge in [0.25, 0.3) is 0 Å². The molecule has 3 nitrogen and oxygen atoms in total. The molecule has 3 saturated carbocycles. The predicted molar refractivity (Wildman–Crippen MR) is 167 cm³/mol. The molecule has 0 radical (unpaired) electrons. The van der Waals surface area contributed by atoms with Gasteiger partial charge in [-0.05, 0) is 97.9 Å². The van der Waals surface area contributed by atoms with Crippen LogP contribution in [0.3, 0.4) is 0 Å². The molecular formula is C36H47N3. The van der Waals surface area contributed by atoms with Crippen molar-refractivity contribution < 1.29 is 0 Å². The van der Waals surface area contributed by atoms with Gasteiger partial charge < -0.3 is 4.90 Å². The van der Waals surface area contributed by atoms with E-state index in [4.69, 9.17) is 16.6 Å². The highest BCUT2D eigenvalue weighted by Gasteiger charge is 2.57. The minimum absolute atomic E-state index is 0.291. The maximum atomic E-state index is 5.10. The molecule has 6 rings (SSSR count). The number of aryl methyl sites for hydroxylation is 1. The highest BCUT2D eigenvalue weighted by atomic mass is 15.2. The van der Waals surface area contributed by atoms with E-state index in [1.54, 1.807) is 0 Å². The van der Waals surface area contributed by atoms with Crippen LogP contribution >= 0.6 is 0 Å². The van der Waals surface area contributed by atoms with Gasteiger partial charge >= 0.3 is 0 Å². The van der Waals surface area contributed by atoms with Gasteiger partial charge in [-0.1, -0.05) is 76.1 Å². The van der Waals surface area contributed by atoms with E-state index >= 15 is 0 Å². The molecule has 2 aromatic carbocycles. The van der Waals surface area contributed by atoms with Crippen molar-refractivity contribution in [1.82, 2.24) is 0 Å². The molecule has 0 N–H and O–H groups in total. The first-order chi connectivity index (χ1) is 19.0. The van der Waals surface area contributed by atoms with Gasteiger partial charge in [-0.3, -0.25) is 4.99 Å². The van der Waals surface area contributed by atoms with Crippen molar-refractivity contribution in [2.24, 2.45) is 26.7 Å². The zero-order valence-corrected chi connectivity index (χ0v) is 24.4. The average Bonchev–Trinajstić information content (AvgIpc) is 3.71. The number of nitrogens with zero attached hydrogens (tertiary/aromatic N) is 3. The number of hydrogen-bond donors (Lipinski definition) is 0. The third kappa shape index (κ3) is 5.26. The molecule has 1 aliphatic heterocycles. The molecule has 0 spiro atoms. The lowest BCUT2D eigenvalue weighted by atomic mass is 9.78. The molecule has 3 aliphatic carbocycles. The highest BCUT2D eigenvalue weighted by molar-refractivity contribution is 6.07. The fourth-order valence-electron chi connectivity index (χ4n) is 8.15. The fourth-order valence-corrected chi connectivity index (χ4v) is 8.15. The van der Waals surface area contributed by atoms with Crippen LogP contribution in [-0.2, 0) is 6.42 Å². The Morgan fingerprint density at radius 3 is 2.44 bits per heavy atom. The Bertz CT molecular complexity index is 1250. The average molecular weight is 522 g/mol. The second-order valence-corrected chi connectivity index (χ2v) is 13.0. The fraction of sp³-hybridized carbons (Fsp3) is 0.556. The number of allylic oxidation sites excluding steroid dienone is 1. The first-order valence-electron chi connectivity index (χ1n) is 15.8. The second-order valence-electron chi connectivity index (χ2n) is 13.0. The van der Waals surface area contributed by atoms with E-state index in [1.807, 2.05) is 0 Å². The molecule has 3 fully saturated rings. The van der Waals surface area contributed by atoms with Crippen LogP contribution in [0.15, 0.2) is 70.8 Å². The summed E-state index contributed by atoms with van der Waals surface area (Å²) < 4.78 is 0. The predicted octanol–water partition coefficient (Wildman–Crippen LogP) is 9.42. The number of aliphatic imine (C=N–C) groups is 2. The van der Waals surface area contributed by atoms with Crippen LogP contribution in [0.5, 0.6) is 0 Å². The number of fused-ring (bicyclic) bond motifs is 2. The lowest BCUT2D eigenvalue weighted by molar-refractivity contribution is 0.293. The van der Waals surface area contributed by atoms with Gasteiger partial charge in [-0.2, -0.15) is 0 Å². The maximum Gasteiger partial charge on any atom is 0.123 e. The quantitative estimate of drug-likeness (QED) is 0.306. The summed E-state index contributed by atoms with van der Waals surface area (Å²) >= 11 is 0. The summed E-state index contributed by atoms with van der Waals surface area (Å²) in [4.78, 5) is 12.6. The largest absolute Gasteiger partial charge is 0.345 e. The number of benzene rings is 2. The molecule has 0 unspecified atom stereocenters. The molecule has 0 saturated heterocycles. The van der Waals surface area contributed by atoms with Crippen LogP contribution in [0.1, 0.15) is 96.5 Å². The molecule has 3 heteroatoms. The summed E-state index contributed by atoms with van der Waals surface area (Å²) in [6.45, 7) is 11.2. The van der Waals surface area contributed by atoms with E-state index in [2.05, 4.69) is 67.3 Å². The van der Waals surface area contributed by atoms with Gasteiger partial charge in [-0.15, -0.1) is 0 Å². The van der Waals surface area contributed by atoms with Crippen LogP contribution in [0, 0.1) is 16.7 Å². The molecule has 2 bridgehead atoms. The second kappa shape index (κ2) is 11.1. The molecule has 4 aliphatic rings. The molecule has 0 amide bonds. The van der Waals surface area contributed by atoms with Crippen LogP contribution in [0.4, 0.5) is 5.69 Å². The maximum absolute atomic E-state index is 5.10. The topological polar surface area (TPSA) is 28.0 Å². The zero-order chi connectivity index (χ0) is 26.9. The summed E-state index contributed by atoms with van der Waals surface area (Å²) in [7, 11) is 0. The lowest BCUT2D eigenvalue weighted by Crippen LogP contribution is -2.37. The smallest absolute Gasteiger partial charge is 0.123 e. The number of amidine groups is 1. The first-order valence-corrected chi connectivity index (χ1v) is 15.8. The monoisotopic (exact) mass is 521 g/mol. The van der Waals surface area contributed by atoms with E-state index in [1.165, 1.54) is 98.0 Å². The Morgan fingerprint density at radius 2 is 1.69 bits per heavy atom. The SMILES string of the molecule is C=C(C1CCCCC1)N(CC12CCC(C3=NC(CCC)=NC3)(CC1)C2)c1cccc(-c2cccc(CC)c2)c1. The molecule has 0 atom stereocenters. The Morgan fingerprint density at radius 1 is 0.949 bits per heavy atom. The first kappa shape index (κ1) is 26.5. The van der Waals surface area contributed by atoms with Gasteiger partial charge in [-0.25, -0.2) is 4.99 Å². The Hall–Kier alpha value is -2.68. The van der Waals surface area contributed by atoms with Gasteiger partial charge in [0.15, 0.2) is 0 Å². The standard InChI is InChI=1S/C36H47N3/c1-4-11-34-37-24-33(38-34)36-20-18-35(25-36,19-21-36)26-39(27(3)29-13-7-6-8-14-29)32-17-10-16-31(23-32)30-15-9-12-28(5-2)22-30/h9-10,12,15-17,22-23,29H,3-8,11,13-14,18-21,24-26H2,1-2H3. The van der Waals surface area contributed by atoms with E-state index < -0.39 is 0 Å². The van der Waals surface area contributed by atoms with Crippen LogP contribution < -0.4 is 4.90 Å². The number of anilines is 1. The van der Waals surface area contributed by atoms with Gasteiger partial charge in [0, 0.05) is 35.5 Å². The van der Waals surface area contributed by atoms with Crippen LogP contribution in [-0.4, -0.2) is 24.6 Å². The summed E-state index contributed by atoms with van der Waals surface area (Å²) in [5, 5.41) is 0. The summed E-state index contributed by atoms with van der Waals surface area (Å²) in [6.07, 6.45) is 16.3. The minimum Gasteiger partial charge on any atom is -0.345 e. The zero-order valence-electron chi connectivity index (χ0n) is 24.4. The third-order valence-electron chi connectivity index (χ3n) is 10.5. The number of rotatable bonds is 10. The van der Waals surface area contributed by atoms with Crippen molar-refractivity contribution in [3.05, 3.63) is 66.4 Å². The van der Waals surface area contributed by atoms with Gasteiger partial charge in [0.1, 0.15) is 5.84 Å². The molecule has 0 aromatic heterocycles. The Labute approximate surface area is 236 Å². The van der Waals surface area contributed by atoms with E-state index in [9.17, 15) is 0 Å². The van der Waals surface area contributed by atoms with Crippen molar-refractivity contribution in [3.63, 3.8) is 0 Å². The lowest BCUT2D eigenvalue weighted by Gasteiger charge is -2.40. The highest BCUT2D eigenvalue weighted by Crippen LogP contribution is 2.63. The summed E-state index contributed by atoms with van der Waals surface area (Å²) in [5.74, 6) is 1.71. The molecular weight excluding hydrogens is 474 g/mol. The van der Waals surface area contributed by atoms with Crippen molar-refractivity contribution in [2.75, 3.05) is 18.0 Å². The Kier molecular flexibility index (Phi) is 7.53. The van der Waals surface area contributed by atoms with Crippen LogP contribution in [0.25, 0.3) is 11.1 Å². The summed E-state index contributed by atoms with van der Waals surface area (Å²) in [5.41, 5.74) is 8.77. The van der Waals surface area contributed by atoms with Crippen LogP contribution in [0.2, 0.25) is 0 Å². The molecule has 2 aromatic rings. The van der Waals surface area contributed by atoms with E-state index in [0.29, 0.717) is 16.7 Å². The molecule has 206 valence electrons. The molecule has 39 heavy (non-hydrogen) atoms. The van der Waals surface area contributed by atoms with E-state index in [0.717, 1.165) is 38.2 Å². The van der Waals surface area contributed by atoms with E-state index in [-0.39, 0.29) is 0 Å².